The van der Waals surface area contributed by atoms with Crippen LogP contribution in [0.5, 0.6) is 0 Å². The first kappa shape index (κ1) is 17.5. The zero-order valence-corrected chi connectivity index (χ0v) is 14.7. The second-order valence-electron chi connectivity index (χ2n) is 6.76. The molecule has 1 aliphatic carbocycles. The molecule has 1 aromatic rings. The lowest BCUT2D eigenvalue weighted by molar-refractivity contribution is -0.119. The number of carbonyl (C=O) groups is 2. The fraction of sp³-hybridized carbons (Fsp3) is 0.500. The van der Waals surface area contributed by atoms with Gasteiger partial charge in [0.2, 0.25) is 11.8 Å². The van der Waals surface area contributed by atoms with Crippen LogP contribution in [0, 0.1) is 0 Å². The van der Waals surface area contributed by atoms with E-state index in [1.165, 1.54) is 31.3 Å². The fourth-order valence-corrected chi connectivity index (χ4v) is 3.42. The van der Waals surface area contributed by atoms with Crippen LogP contribution in [-0.4, -0.2) is 31.4 Å². The van der Waals surface area contributed by atoms with Gasteiger partial charge in [-0.2, -0.15) is 0 Å². The van der Waals surface area contributed by atoms with Crippen LogP contribution in [-0.2, 0) is 9.59 Å². The van der Waals surface area contributed by atoms with Crippen LogP contribution in [0.25, 0.3) is 0 Å². The molecule has 1 saturated heterocycles. The zero-order valence-electron chi connectivity index (χ0n) is 14.7. The van der Waals surface area contributed by atoms with Gasteiger partial charge in [0.05, 0.1) is 6.54 Å². The Kier molecular flexibility index (Phi) is 6.09. The highest BCUT2D eigenvalue weighted by Crippen LogP contribution is 2.23. The van der Waals surface area contributed by atoms with Crippen LogP contribution in [0.4, 0.5) is 11.4 Å². The molecule has 3 rings (SSSR count). The molecule has 1 aliphatic heterocycles. The SMILES string of the molecule is O=C(CNc1ccc(N2CCCC2=O)cc1)NCCC1=CCCCC1. The molecule has 0 radical (unpaired) electrons. The van der Waals surface area contributed by atoms with Crippen molar-refractivity contribution >= 4 is 23.2 Å². The summed E-state index contributed by atoms with van der Waals surface area (Å²) >= 11 is 0. The van der Waals surface area contributed by atoms with E-state index < -0.39 is 0 Å². The minimum atomic E-state index is 0.00945. The Morgan fingerprint density at radius 2 is 1.92 bits per heavy atom. The largest absolute Gasteiger partial charge is 0.376 e. The molecule has 1 heterocycles. The molecular weight excluding hydrogens is 314 g/mol. The van der Waals surface area contributed by atoms with Crippen molar-refractivity contribution < 1.29 is 9.59 Å². The van der Waals surface area contributed by atoms with E-state index in [-0.39, 0.29) is 18.4 Å². The third kappa shape index (κ3) is 5.08. The molecule has 0 bridgehead atoms. The molecule has 5 nitrogen and oxygen atoms in total. The second kappa shape index (κ2) is 8.70. The van der Waals surface area contributed by atoms with Crippen LogP contribution < -0.4 is 15.5 Å². The van der Waals surface area contributed by atoms with E-state index in [9.17, 15) is 9.59 Å². The number of nitrogens with zero attached hydrogens (tertiary/aromatic N) is 1. The van der Waals surface area contributed by atoms with Gasteiger partial charge in [-0.15, -0.1) is 0 Å². The van der Waals surface area contributed by atoms with Gasteiger partial charge in [-0.3, -0.25) is 9.59 Å². The standard InChI is InChI=1S/C20H27N3O2/c24-19(21-13-12-16-5-2-1-3-6-16)15-22-17-8-10-18(11-9-17)23-14-4-7-20(23)25/h5,8-11,22H,1-4,6-7,12-15H2,(H,21,24). The first-order chi connectivity index (χ1) is 12.2. The van der Waals surface area contributed by atoms with E-state index in [0.29, 0.717) is 13.0 Å². The van der Waals surface area contributed by atoms with Crippen molar-refractivity contribution in [2.45, 2.75) is 44.9 Å². The van der Waals surface area contributed by atoms with Crippen molar-refractivity contribution in [3.05, 3.63) is 35.9 Å². The molecule has 0 aromatic heterocycles. The molecule has 0 spiro atoms. The molecule has 0 atom stereocenters. The van der Waals surface area contributed by atoms with Gasteiger partial charge >= 0.3 is 0 Å². The molecule has 5 heteroatoms. The van der Waals surface area contributed by atoms with Gasteiger partial charge in [-0.25, -0.2) is 0 Å². The Morgan fingerprint density at radius 1 is 1.08 bits per heavy atom. The smallest absolute Gasteiger partial charge is 0.239 e. The molecule has 1 aromatic carbocycles. The number of amides is 2. The third-order valence-corrected chi connectivity index (χ3v) is 4.86. The van der Waals surface area contributed by atoms with Crippen molar-refractivity contribution in [1.82, 2.24) is 5.32 Å². The molecule has 0 unspecified atom stereocenters. The molecule has 1 fully saturated rings. The van der Waals surface area contributed by atoms with Crippen LogP contribution in [0.15, 0.2) is 35.9 Å². The summed E-state index contributed by atoms with van der Waals surface area (Å²) in [5, 5.41) is 6.10. The number of anilines is 2. The van der Waals surface area contributed by atoms with Crippen molar-refractivity contribution in [2.24, 2.45) is 0 Å². The van der Waals surface area contributed by atoms with Crippen molar-refractivity contribution in [3.63, 3.8) is 0 Å². The Balaban J connectivity index is 1.38. The summed E-state index contributed by atoms with van der Waals surface area (Å²) in [4.78, 5) is 25.5. The van der Waals surface area contributed by atoms with Crippen LogP contribution in [0.2, 0.25) is 0 Å². The number of rotatable bonds is 7. The fourth-order valence-electron chi connectivity index (χ4n) is 3.42. The second-order valence-corrected chi connectivity index (χ2v) is 6.76. The summed E-state index contributed by atoms with van der Waals surface area (Å²) in [5.74, 6) is 0.198. The first-order valence-corrected chi connectivity index (χ1v) is 9.31. The first-order valence-electron chi connectivity index (χ1n) is 9.31. The maximum Gasteiger partial charge on any atom is 0.239 e. The summed E-state index contributed by atoms with van der Waals surface area (Å²) in [6, 6.07) is 7.69. The van der Waals surface area contributed by atoms with Gasteiger partial charge in [0, 0.05) is 30.9 Å². The van der Waals surface area contributed by atoms with Gasteiger partial charge in [0.25, 0.3) is 0 Å². The quantitative estimate of drug-likeness (QED) is 0.749. The summed E-state index contributed by atoms with van der Waals surface area (Å²) < 4.78 is 0. The highest BCUT2D eigenvalue weighted by Gasteiger charge is 2.21. The molecule has 2 amide bonds. The van der Waals surface area contributed by atoms with Crippen molar-refractivity contribution in [3.8, 4) is 0 Å². The summed E-state index contributed by atoms with van der Waals surface area (Å²) in [7, 11) is 0. The highest BCUT2D eigenvalue weighted by atomic mass is 16.2. The minimum absolute atomic E-state index is 0.00945. The molecule has 0 saturated carbocycles. The van der Waals surface area contributed by atoms with Gasteiger partial charge < -0.3 is 15.5 Å². The summed E-state index contributed by atoms with van der Waals surface area (Å²) in [5.41, 5.74) is 3.30. The maximum absolute atomic E-state index is 11.9. The lowest BCUT2D eigenvalue weighted by Gasteiger charge is -2.16. The van der Waals surface area contributed by atoms with E-state index >= 15 is 0 Å². The average Bonchev–Trinajstić information content (AvgIpc) is 3.07. The van der Waals surface area contributed by atoms with E-state index in [1.54, 1.807) is 0 Å². The van der Waals surface area contributed by atoms with E-state index in [2.05, 4.69) is 16.7 Å². The van der Waals surface area contributed by atoms with Crippen LogP contribution in [0.1, 0.15) is 44.9 Å². The number of hydrogen-bond donors (Lipinski definition) is 2. The average molecular weight is 341 g/mol. The van der Waals surface area contributed by atoms with E-state index in [1.807, 2.05) is 29.2 Å². The van der Waals surface area contributed by atoms with E-state index in [4.69, 9.17) is 0 Å². The lowest BCUT2D eigenvalue weighted by atomic mass is 9.97. The number of benzene rings is 1. The Bertz CT molecular complexity index is 637. The lowest BCUT2D eigenvalue weighted by Crippen LogP contribution is -2.30. The Morgan fingerprint density at radius 3 is 2.60 bits per heavy atom. The maximum atomic E-state index is 11.9. The number of carbonyl (C=O) groups excluding carboxylic acids is 2. The number of nitrogens with one attached hydrogen (secondary N) is 2. The summed E-state index contributed by atoms with van der Waals surface area (Å²) in [6.45, 7) is 1.77. The van der Waals surface area contributed by atoms with Crippen LogP contribution >= 0.6 is 0 Å². The number of allylic oxidation sites excluding steroid dienone is 1. The normalized spacial score (nSPS) is 17.4. The van der Waals surface area contributed by atoms with Gasteiger partial charge in [0.1, 0.15) is 0 Å². The molecule has 134 valence electrons. The van der Waals surface area contributed by atoms with E-state index in [0.717, 1.165) is 30.8 Å². The predicted octanol–water partition coefficient (Wildman–Crippen LogP) is 3.23. The predicted molar refractivity (Wildman–Crippen MR) is 101 cm³/mol. The Hall–Kier alpha value is -2.30. The molecule has 2 N–H and O–H groups in total. The Labute approximate surface area is 149 Å². The summed E-state index contributed by atoms with van der Waals surface area (Å²) in [6.07, 6.45) is 9.78. The van der Waals surface area contributed by atoms with Gasteiger partial charge in [0.15, 0.2) is 0 Å². The van der Waals surface area contributed by atoms with Gasteiger partial charge in [-0.1, -0.05) is 11.6 Å². The third-order valence-electron chi connectivity index (χ3n) is 4.86. The molecule has 2 aliphatic rings. The minimum Gasteiger partial charge on any atom is -0.376 e. The monoisotopic (exact) mass is 341 g/mol. The van der Waals surface area contributed by atoms with Gasteiger partial charge in [-0.05, 0) is 62.8 Å². The number of hydrogen-bond acceptors (Lipinski definition) is 3. The molecular formula is C20H27N3O2. The highest BCUT2D eigenvalue weighted by molar-refractivity contribution is 5.95. The van der Waals surface area contributed by atoms with Crippen LogP contribution in [0.3, 0.4) is 0 Å². The topological polar surface area (TPSA) is 61.4 Å². The zero-order chi connectivity index (χ0) is 17.5. The van der Waals surface area contributed by atoms with Crippen molar-refractivity contribution in [2.75, 3.05) is 29.9 Å². The molecule has 25 heavy (non-hydrogen) atoms. The van der Waals surface area contributed by atoms with Crippen molar-refractivity contribution in [1.29, 1.82) is 0 Å².